The van der Waals surface area contributed by atoms with Gasteiger partial charge in [-0.25, -0.2) is 0 Å². The second-order valence-electron chi connectivity index (χ2n) is 4.95. The fourth-order valence-electron chi connectivity index (χ4n) is 1.38. The first-order valence-electron chi connectivity index (χ1n) is 3.99. The number of hydrogen-bond donors (Lipinski definition) is 0. The van der Waals surface area contributed by atoms with Crippen molar-refractivity contribution in [1.82, 2.24) is 0 Å². The van der Waals surface area contributed by atoms with Crippen molar-refractivity contribution in [2.24, 2.45) is 5.41 Å². The van der Waals surface area contributed by atoms with Crippen LogP contribution in [0.5, 0.6) is 0 Å². The molecule has 0 fully saturated rings. The van der Waals surface area contributed by atoms with Crippen molar-refractivity contribution in [1.29, 1.82) is 0 Å². The summed E-state index contributed by atoms with van der Waals surface area (Å²) in [6.45, 7) is 10.7. The Morgan fingerprint density at radius 3 is 1.55 bits per heavy atom. The Morgan fingerprint density at radius 1 is 1.09 bits per heavy atom. The third-order valence-corrected chi connectivity index (χ3v) is 3.43. The van der Waals surface area contributed by atoms with Crippen LogP contribution in [0, 0.1) is 5.41 Å². The predicted molar refractivity (Wildman–Crippen MR) is 52.2 cm³/mol. The van der Waals surface area contributed by atoms with Crippen molar-refractivity contribution in [3.05, 3.63) is 0 Å². The van der Waals surface area contributed by atoms with Gasteiger partial charge in [0.05, 0.1) is 0 Å². The van der Waals surface area contributed by atoms with Crippen LogP contribution >= 0.6 is 0 Å². The van der Waals surface area contributed by atoms with E-state index in [0.717, 1.165) is 6.42 Å². The average molecular weight is 176 g/mol. The van der Waals surface area contributed by atoms with E-state index < -0.39 is 10.8 Å². The minimum absolute atomic E-state index is 0.0434. The fraction of sp³-hybridized carbons (Fsp3) is 1.00. The summed E-state index contributed by atoms with van der Waals surface area (Å²) < 4.78 is 11.2. The highest BCUT2D eigenvalue weighted by molar-refractivity contribution is 7.85. The largest absolute Gasteiger partial charge is 0.259 e. The molecule has 0 bridgehead atoms. The van der Waals surface area contributed by atoms with Gasteiger partial charge in [0.1, 0.15) is 0 Å². The quantitative estimate of drug-likeness (QED) is 0.632. The van der Waals surface area contributed by atoms with Crippen LogP contribution in [0.4, 0.5) is 0 Å². The fourth-order valence-corrected chi connectivity index (χ4v) is 2.02. The van der Waals surface area contributed by atoms with Crippen LogP contribution in [-0.2, 0) is 10.8 Å². The molecule has 0 aromatic rings. The summed E-state index contributed by atoms with van der Waals surface area (Å²) >= 11 is 0. The third-order valence-electron chi connectivity index (χ3n) is 1.73. The van der Waals surface area contributed by atoms with Crippen molar-refractivity contribution < 1.29 is 4.21 Å². The van der Waals surface area contributed by atoms with E-state index in [1.54, 1.807) is 6.26 Å². The van der Waals surface area contributed by atoms with Gasteiger partial charge in [0, 0.05) is 21.8 Å². The Labute approximate surface area is 73.0 Å². The minimum Gasteiger partial charge on any atom is -0.259 e. The molecule has 2 heteroatoms. The summed E-state index contributed by atoms with van der Waals surface area (Å²) in [4.78, 5) is 0. The summed E-state index contributed by atoms with van der Waals surface area (Å²) in [5, 5.41) is 0. The molecule has 0 aliphatic carbocycles. The van der Waals surface area contributed by atoms with Crippen LogP contribution in [0.25, 0.3) is 0 Å². The van der Waals surface area contributed by atoms with Crippen molar-refractivity contribution in [2.75, 3.05) is 6.26 Å². The van der Waals surface area contributed by atoms with Gasteiger partial charge in [-0.3, -0.25) is 4.21 Å². The van der Waals surface area contributed by atoms with Crippen LogP contribution in [0.3, 0.4) is 0 Å². The van der Waals surface area contributed by atoms with Gasteiger partial charge in [0.2, 0.25) is 0 Å². The molecule has 0 aromatic heterocycles. The van der Waals surface area contributed by atoms with Gasteiger partial charge in [-0.15, -0.1) is 0 Å². The van der Waals surface area contributed by atoms with Crippen LogP contribution < -0.4 is 0 Å². The molecular formula is C9H20OS. The first-order valence-corrected chi connectivity index (χ1v) is 5.54. The molecule has 0 aliphatic rings. The van der Waals surface area contributed by atoms with Gasteiger partial charge in [0.25, 0.3) is 0 Å². The lowest BCUT2D eigenvalue weighted by molar-refractivity contribution is 0.335. The highest BCUT2D eigenvalue weighted by Crippen LogP contribution is 2.30. The average Bonchev–Trinajstić information content (AvgIpc) is 1.56. The summed E-state index contributed by atoms with van der Waals surface area (Å²) in [7, 11) is -0.722. The first kappa shape index (κ1) is 11.2. The van der Waals surface area contributed by atoms with Gasteiger partial charge < -0.3 is 0 Å². The molecule has 0 spiro atoms. The summed E-state index contributed by atoms with van der Waals surface area (Å²) in [6, 6.07) is 0. The number of hydrogen-bond acceptors (Lipinski definition) is 1. The van der Waals surface area contributed by atoms with E-state index in [1.807, 2.05) is 0 Å². The normalized spacial score (nSPS) is 16.5. The molecule has 1 unspecified atom stereocenters. The lowest BCUT2D eigenvalue weighted by Crippen LogP contribution is -2.31. The molecule has 0 aliphatic heterocycles. The van der Waals surface area contributed by atoms with Crippen LogP contribution in [0.1, 0.15) is 41.0 Å². The molecule has 1 atom stereocenters. The van der Waals surface area contributed by atoms with E-state index in [4.69, 9.17) is 0 Å². The van der Waals surface area contributed by atoms with E-state index in [9.17, 15) is 4.21 Å². The highest BCUT2D eigenvalue weighted by Gasteiger charge is 2.28. The lowest BCUT2D eigenvalue weighted by atomic mass is 9.86. The molecule has 68 valence electrons. The maximum atomic E-state index is 11.3. The molecule has 0 saturated carbocycles. The van der Waals surface area contributed by atoms with Crippen LogP contribution in [0.15, 0.2) is 0 Å². The van der Waals surface area contributed by atoms with Gasteiger partial charge in [0.15, 0.2) is 0 Å². The Bertz CT molecular complexity index is 153. The Kier molecular flexibility index (Phi) is 3.30. The molecule has 0 amide bonds. The molecule has 0 rings (SSSR count). The zero-order chi connectivity index (χ0) is 9.28. The van der Waals surface area contributed by atoms with Crippen LogP contribution in [0.2, 0.25) is 0 Å². The highest BCUT2D eigenvalue weighted by atomic mass is 32.2. The molecule has 11 heavy (non-hydrogen) atoms. The van der Waals surface area contributed by atoms with Gasteiger partial charge in [-0.1, -0.05) is 20.8 Å². The smallest absolute Gasteiger partial charge is 0.0405 e. The predicted octanol–water partition coefficient (Wildman–Crippen LogP) is 2.58. The minimum atomic E-state index is -0.722. The lowest BCUT2D eigenvalue weighted by Gasteiger charge is -2.30. The van der Waals surface area contributed by atoms with Crippen molar-refractivity contribution in [2.45, 2.75) is 45.8 Å². The summed E-state index contributed by atoms with van der Waals surface area (Å²) in [5.41, 5.74) is 0.273. The van der Waals surface area contributed by atoms with E-state index >= 15 is 0 Å². The second-order valence-corrected chi connectivity index (χ2v) is 6.96. The standard InChI is InChI=1S/C9H20OS/c1-8(2,3)7-9(4,5)11(6)10/h7H2,1-6H3. The summed E-state index contributed by atoms with van der Waals surface area (Å²) in [5.74, 6) is 0. The van der Waals surface area contributed by atoms with Gasteiger partial charge in [-0.05, 0) is 25.7 Å². The van der Waals surface area contributed by atoms with E-state index in [0.29, 0.717) is 0 Å². The van der Waals surface area contributed by atoms with Gasteiger partial charge >= 0.3 is 0 Å². The van der Waals surface area contributed by atoms with Crippen molar-refractivity contribution in [3.8, 4) is 0 Å². The third kappa shape index (κ3) is 4.57. The molecule has 0 heterocycles. The maximum absolute atomic E-state index is 11.3. The van der Waals surface area contributed by atoms with Crippen molar-refractivity contribution >= 4 is 10.8 Å². The monoisotopic (exact) mass is 176 g/mol. The molecule has 0 aromatic carbocycles. The molecule has 0 N–H and O–H groups in total. The first-order chi connectivity index (χ1) is 4.65. The summed E-state index contributed by atoms with van der Waals surface area (Å²) in [6.07, 6.45) is 2.79. The topological polar surface area (TPSA) is 17.1 Å². The second kappa shape index (κ2) is 3.26. The SMILES string of the molecule is CS(=O)C(C)(C)CC(C)(C)C. The molecular weight excluding hydrogens is 156 g/mol. The van der Waals surface area contributed by atoms with Gasteiger partial charge in [-0.2, -0.15) is 0 Å². The van der Waals surface area contributed by atoms with E-state index in [2.05, 4.69) is 34.6 Å². The Hall–Kier alpha value is 0.150. The Morgan fingerprint density at radius 2 is 1.45 bits per heavy atom. The maximum Gasteiger partial charge on any atom is 0.0405 e. The molecule has 1 nitrogen and oxygen atoms in total. The van der Waals surface area contributed by atoms with Crippen molar-refractivity contribution in [3.63, 3.8) is 0 Å². The zero-order valence-corrected chi connectivity index (χ0v) is 9.34. The van der Waals surface area contributed by atoms with Crippen LogP contribution in [-0.4, -0.2) is 15.2 Å². The molecule has 0 radical (unpaired) electrons. The number of rotatable bonds is 2. The zero-order valence-electron chi connectivity index (χ0n) is 8.52. The molecule has 0 saturated heterocycles. The van der Waals surface area contributed by atoms with E-state index in [1.165, 1.54) is 0 Å². The van der Waals surface area contributed by atoms with E-state index in [-0.39, 0.29) is 10.2 Å². The Balaban J connectivity index is 4.25.